The van der Waals surface area contributed by atoms with Gasteiger partial charge < -0.3 is 5.32 Å². The Morgan fingerprint density at radius 2 is 2.33 bits per heavy atom. The van der Waals surface area contributed by atoms with Gasteiger partial charge in [-0.05, 0) is 20.0 Å². The summed E-state index contributed by atoms with van der Waals surface area (Å²) < 4.78 is 1.75. The lowest BCUT2D eigenvalue weighted by molar-refractivity contribution is 0.781. The first kappa shape index (κ1) is 9.79. The first-order chi connectivity index (χ1) is 7.31. The van der Waals surface area contributed by atoms with Gasteiger partial charge in [-0.3, -0.25) is 4.98 Å². The van der Waals surface area contributed by atoms with Crippen molar-refractivity contribution in [1.29, 1.82) is 0 Å². The Morgan fingerprint density at radius 3 is 3.00 bits per heavy atom. The van der Waals surface area contributed by atoms with E-state index in [0.717, 1.165) is 23.5 Å². The van der Waals surface area contributed by atoms with E-state index in [4.69, 9.17) is 0 Å². The molecule has 0 unspecified atom stereocenters. The van der Waals surface area contributed by atoms with Gasteiger partial charge >= 0.3 is 0 Å². The number of rotatable bonds is 3. The fraction of sp³-hybridized carbons (Fsp3) is 0.300. The molecule has 15 heavy (non-hydrogen) atoms. The van der Waals surface area contributed by atoms with Crippen LogP contribution in [0, 0.1) is 6.92 Å². The van der Waals surface area contributed by atoms with Crippen LogP contribution in [-0.4, -0.2) is 26.8 Å². The zero-order chi connectivity index (χ0) is 10.7. The maximum atomic E-state index is 4.27. The molecule has 2 rings (SSSR count). The summed E-state index contributed by atoms with van der Waals surface area (Å²) in [4.78, 5) is 8.21. The molecule has 2 aromatic rings. The predicted molar refractivity (Wildman–Crippen MR) is 56.7 cm³/mol. The number of nitrogens with one attached hydrogen (secondary N) is 1. The van der Waals surface area contributed by atoms with Crippen molar-refractivity contribution in [2.24, 2.45) is 0 Å². The van der Waals surface area contributed by atoms with Crippen LogP contribution in [0.25, 0.3) is 5.69 Å². The lowest BCUT2D eigenvalue weighted by Crippen LogP contribution is -2.10. The van der Waals surface area contributed by atoms with Gasteiger partial charge in [-0.25, -0.2) is 9.67 Å². The van der Waals surface area contributed by atoms with Crippen molar-refractivity contribution in [3.8, 4) is 5.69 Å². The summed E-state index contributed by atoms with van der Waals surface area (Å²) in [5, 5.41) is 7.22. The summed E-state index contributed by atoms with van der Waals surface area (Å²) in [6, 6.07) is 2.00. The van der Waals surface area contributed by atoms with Crippen LogP contribution in [0.5, 0.6) is 0 Å². The van der Waals surface area contributed by atoms with Crippen molar-refractivity contribution in [2.75, 3.05) is 7.05 Å². The first-order valence-corrected chi connectivity index (χ1v) is 4.76. The molecule has 1 N–H and O–H groups in total. The second-order valence-corrected chi connectivity index (χ2v) is 3.32. The normalized spacial score (nSPS) is 10.5. The van der Waals surface area contributed by atoms with Crippen LogP contribution in [0.1, 0.15) is 11.3 Å². The Balaban J connectivity index is 2.47. The molecule has 2 heterocycles. The van der Waals surface area contributed by atoms with Crippen molar-refractivity contribution in [3.63, 3.8) is 0 Å². The highest BCUT2D eigenvalue weighted by molar-refractivity contribution is 5.39. The van der Waals surface area contributed by atoms with Gasteiger partial charge in [-0.2, -0.15) is 5.10 Å². The van der Waals surface area contributed by atoms with E-state index in [-0.39, 0.29) is 0 Å². The van der Waals surface area contributed by atoms with Crippen LogP contribution in [0.3, 0.4) is 0 Å². The number of hydrogen-bond donors (Lipinski definition) is 1. The molecule has 0 radical (unpaired) electrons. The minimum absolute atomic E-state index is 0.766. The maximum Gasteiger partial charge on any atom is 0.138 e. The molecule has 0 amide bonds. The third-order valence-corrected chi connectivity index (χ3v) is 2.13. The molecule has 0 aromatic carbocycles. The Kier molecular flexibility index (Phi) is 2.73. The summed E-state index contributed by atoms with van der Waals surface area (Å²) in [6.45, 7) is 2.73. The van der Waals surface area contributed by atoms with Crippen LogP contribution in [0.15, 0.2) is 24.9 Å². The predicted octanol–water partition coefficient (Wildman–Crippen LogP) is 0.690. The van der Waals surface area contributed by atoms with Gasteiger partial charge in [0.15, 0.2) is 0 Å². The number of aromatic nitrogens is 4. The lowest BCUT2D eigenvalue weighted by Gasteiger charge is -2.08. The van der Waals surface area contributed by atoms with Crippen molar-refractivity contribution in [3.05, 3.63) is 36.2 Å². The average molecular weight is 203 g/mol. The summed E-state index contributed by atoms with van der Waals surface area (Å²) >= 11 is 0. The standard InChI is InChI=1S/C10H13N5/c1-8-3-10(15-7-12-6-14-15)9(4-11-2)5-13-8/h3,5-7,11H,4H2,1-2H3. The van der Waals surface area contributed by atoms with Crippen molar-refractivity contribution >= 4 is 0 Å². The Morgan fingerprint density at radius 1 is 1.47 bits per heavy atom. The number of hydrogen-bond acceptors (Lipinski definition) is 4. The van der Waals surface area contributed by atoms with E-state index in [1.165, 1.54) is 6.33 Å². The maximum absolute atomic E-state index is 4.27. The highest BCUT2D eigenvalue weighted by atomic mass is 15.3. The van der Waals surface area contributed by atoms with Crippen LogP contribution in [0.4, 0.5) is 0 Å². The number of nitrogens with zero attached hydrogens (tertiary/aromatic N) is 4. The van der Waals surface area contributed by atoms with Gasteiger partial charge in [0, 0.05) is 24.0 Å². The first-order valence-electron chi connectivity index (χ1n) is 4.76. The van der Waals surface area contributed by atoms with Gasteiger partial charge in [-0.1, -0.05) is 0 Å². The van der Waals surface area contributed by atoms with Gasteiger partial charge in [0.25, 0.3) is 0 Å². The molecule has 78 valence electrons. The van der Waals surface area contributed by atoms with E-state index >= 15 is 0 Å². The summed E-state index contributed by atoms with van der Waals surface area (Å²) in [7, 11) is 1.91. The largest absolute Gasteiger partial charge is 0.316 e. The number of aryl methyl sites for hydroxylation is 1. The van der Waals surface area contributed by atoms with E-state index in [0.29, 0.717) is 0 Å². The molecule has 5 heteroatoms. The van der Waals surface area contributed by atoms with E-state index in [9.17, 15) is 0 Å². The molecule has 0 fully saturated rings. The highest BCUT2D eigenvalue weighted by Crippen LogP contribution is 2.13. The molecule has 0 aliphatic carbocycles. The molecule has 0 saturated heterocycles. The van der Waals surface area contributed by atoms with Crippen LogP contribution < -0.4 is 5.32 Å². The van der Waals surface area contributed by atoms with Crippen LogP contribution in [-0.2, 0) is 6.54 Å². The van der Waals surface area contributed by atoms with E-state index in [1.54, 1.807) is 11.0 Å². The third-order valence-electron chi connectivity index (χ3n) is 2.13. The molecular formula is C10H13N5. The third kappa shape index (κ3) is 2.02. The van der Waals surface area contributed by atoms with Gasteiger partial charge in [-0.15, -0.1) is 0 Å². The molecule has 5 nitrogen and oxygen atoms in total. The molecule has 2 aromatic heterocycles. The SMILES string of the molecule is CNCc1cnc(C)cc1-n1cncn1. The Bertz CT molecular complexity index is 435. The molecule has 0 atom stereocenters. The summed E-state index contributed by atoms with van der Waals surface area (Å²) in [5.41, 5.74) is 3.10. The smallest absolute Gasteiger partial charge is 0.138 e. The second-order valence-electron chi connectivity index (χ2n) is 3.32. The Labute approximate surface area is 88.2 Å². The van der Waals surface area contributed by atoms with E-state index in [2.05, 4.69) is 20.4 Å². The molecular weight excluding hydrogens is 190 g/mol. The van der Waals surface area contributed by atoms with E-state index in [1.807, 2.05) is 26.2 Å². The zero-order valence-electron chi connectivity index (χ0n) is 8.81. The zero-order valence-corrected chi connectivity index (χ0v) is 8.81. The second kappa shape index (κ2) is 4.18. The van der Waals surface area contributed by atoms with Crippen LogP contribution >= 0.6 is 0 Å². The molecule has 0 spiro atoms. The van der Waals surface area contributed by atoms with Crippen molar-refractivity contribution in [2.45, 2.75) is 13.5 Å². The fourth-order valence-electron chi connectivity index (χ4n) is 1.45. The number of pyridine rings is 1. The Hall–Kier alpha value is -1.75. The highest BCUT2D eigenvalue weighted by Gasteiger charge is 2.05. The lowest BCUT2D eigenvalue weighted by atomic mass is 10.2. The monoisotopic (exact) mass is 203 g/mol. The van der Waals surface area contributed by atoms with Gasteiger partial charge in [0.05, 0.1) is 5.69 Å². The minimum atomic E-state index is 0.766. The van der Waals surface area contributed by atoms with E-state index < -0.39 is 0 Å². The summed E-state index contributed by atoms with van der Waals surface area (Å²) in [6.07, 6.45) is 5.08. The van der Waals surface area contributed by atoms with Crippen LogP contribution in [0.2, 0.25) is 0 Å². The van der Waals surface area contributed by atoms with Crippen molar-refractivity contribution in [1.82, 2.24) is 25.1 Å². The van der Waals surface area contributed by atoms with Gasteiger partial charge in [0.2, 0.25) is 0 Å². The fourth-order valence-corrected chi connectivity index (χ4v) is 1.45. The molecule has 0 saturated carbocycles. The molecule has 0 aliphatic rings. The summed E-state index contributed by atoms with van der Waals surface area (Å²) in [5.74, 6) is 0. The average Bonchev–Trinajstić information content (AvgIpc) is 2.74. The van der Waals surface area contributed by atoms with Crippen molar-refractivity contribution < 1.29 is 0 Å². The quantitative estimate of drug-likeness (QED) is 0.797. The molecule has 0 aliphatic heterocycles. The molecule has 0 bridgehead atoms. The minimum Gasteiger partial charge on any atom is -0.316 e. The topological polar surface area (TPSA) is 55.6 Å². The van der Waals surface area contributed by atoms with Gasteiger partial charge in [0.1, 0.15) is 12.7 Å².